The van der Waals surface area contributed by atoms with E-state index in [4.69, 9.17) is 9.72 Å². The Labute approximate surface area is 228 Å². The van der Waals surface area contributed by atoms with E-state index in [0.717, 1.165) is 34.2 Å². The molecule has 192 valence electrons. The van der Waals surface area contributed by atoms with Gasteiger partial charge in [0.15, 0.2) is 0 Å². The summed E-state index contributed by atoms with van der Waals surface area (Å²) in [5, 5.41) is 14.7. The molecule has 0 N–H and O–H groups in total. The van der Waals surface area contributed by atoms with Crippen LogP contribution < -0.4 is 25.3 Å². The molecular formula is C30H31FeN3O3. The minimum Gasteiger partial charge on any atom is -0.859 e. The number of urea groups is 1. The molecule has 2 heterocycles. The van der Waals surface area contributed by atoms with Gasteiger partial charge < -0.3 is 14.7 Å². The molecule has 1 aromatic heterocycles. The number of ether oxygens (including phenoxy) is 1. The molecule has 0 spiro atoms. The van der Waals surface area contributed by atoms with Crippen molar-refractivity contribution in [3.63, 3.8) is 0 Å². The monoisotopic (exact) mass is 537 g/mol. The predicted octanol–water partition coefficient (Wildman–Crippen LogP) is 3.92. The second-order valence-electron chi connectivity index (χ2n) is 8.51. The fourth-order valence-electron chi connectivity index (χ4n) is 4.25. The minimum atomic E-state index is -0.297. The Morgan fingerprint density at radius 2 is 1.59 bits per heavy atom. The van der Waals surface area contributed by atoms with E-state index in [9.17, 15) is 9.90 Å². The van der Waals surface area contributed by atoms with Crippen molar-refractivity contribution in [3.05, 3.63) is 95.5 Å². The van der Waals surface area contributed by atoms with Gasteiger partial charge in [0, 0.05) is 23.9 Å². The molecule has 2 aliphatic rings. The number of pyridine rings is 1. The number of hydrogen-bond acceptors (Lipinski definition) is 4. The Morgan fingerprint density at radius 3 is 2.14 bits per heavy atom. The minimum absolute atomic E-state index is 0. The second-order valence-corrected chi connectivity index (χ2v) is 8.51. The summed E-state index contributed by atoms with van der Waals surface area (Å²) < 4.78 is 5.29. The van der Waals surface area contributed by atoms with Crippen LogP contribution in [0.15, 0.2) is 85.0 Å². The number of hydrogen-bond donors (Lipinski definition) is 0. The van der Waals surface area contributed by atoms with Crippen LogP contribution in [0, 0.1) is 0 Å². The Hall–Kier alpha value is -3.67. The number of carbonyl (C=O) groups is 1. The van der Waals surface area contributed by atoms with E-state index in [1.165, 1.54) is 4.90 Å². The number of rotatable bonds is 6. The van der Waals surface area contributed by atoms with Gasteiger partial charge in [-0.15, -0.1) is 0 Å². The quantitative estimate of drug-likeness (QED) is 0.353. The van der Waals surface area contributed by atoms with E-state index in [1.807, 2.05) is 98.8 Å². The van der Waals surface area contributed by atoms with Crippen LogP contribution in [-0.2, 0) is 17.1 Å². The first-order chi connectivity index (χ1) is 17.6. The van der Waals surface area contributed by atoms with Gasteiger partial charge >= 0.3 is 23.1 Å². The molecule has 0 unspecified atom stereocenters. The molecule has 2 aromatic carbocycles. The SMILES string of the molecule is CCCN1C(=O)N(CCC)c2nc(=C3C=CC=C3)cc(-c3ccc(OC)cc3)c2=C1[O-].[Fe+2].c1cc[cH-]c1. The van der Waals surface area contributed by atoms with Gasteiger partial charge in [0.25, 0.3) is 0 Å². The number of fused-ring (bicyclic) bond motifs is 1. The summed E-state index contributed by atoms with van der Waals surface area (Å²) in [5.74, 6) is 0.889. The van der Waals surface area contributed by atoms with Gasteiger partial charge in [-0.1, -0.05) is 50.3 Å². The zero-order chi connectivity index (χ0) is 25.5. The molecule has 37 heavy (non-hydrogen) atoms. The number of nitrogens with zero attached hydrogens (tertiary/aromatic N) is 3. The number of methoxy groups -OCH3 is 1. The van der Waals surface area contributed by atoms with Gasteiger partial charge in [-0.3, -0.25) is 4.90 Å². The number of allylic oxidation sites excluding steroid dienone is 4. The van der Waals surface area contributed by atoms with Crippen molar-refractivity contribution in [3.8, 4) is 16.9 Å². The summed E-state index contributed by atoms with van der Waals surface area (Å²) in [6, 6.07) is 19.3. The molecule has 7 heteroatoms. The summed E-state index contributed by atoms with van der Waals surface area (Å²) in [4.78, 5) is 21.0. The molecule has 6 nitrogen and oxygen atoms in total. The van der Waals surface area contributed by atoms with E-state index in [0.29, 0.717) is 30.5 Å². The maximum atomic E-state index is 13.5. The third-order valence-corrected chi connectivity index (χ3v) is 5.99. The summed E-state index contributed by atoms with van der Waals surface area (Å²) in [6.07, 6.45) is 9.32. The first-order valence-electron chi connectivity index (χ1n) is 12.3. The second kappa shape index (κ2) is 13.0. The Kier molecular flexibility index (Phi) is 9.84. The largest absolute Gasteiger partial charge is 2.00 e. The molecule has 0 atom stereocenters. The van der Waals surface area contributed by atoms with Crippen molar-refractivity contribution in [1.82, 2.24) is 9.88 Å². The van der Waals surface area contributed by atoms with Gasteiger partial charge in [-0.2, -0.15) is 18.2 Å². The van der Waals surface area contributed by atoms with Crippen LogP contribution in [-0.4, -0.2) is 36.1 Å². The summed E-state index contributed by atoms with van der Waals surface area (Å²) in [5.41, 5.74) is 2.59. The van der Waals surface area contributed by atoms with Crippen molar-refractivity contribution >= 4 is 23.3 Å². The van der Waals surface area contributed by atoms with E-state index >= 15 is 0 Å². The Morgan fingerprint density at radius 1 is 0.973 bits per heavy atom. The number of anilines is 1. The molecule has 2 amide bonds. The standard InChI is InChI=1S/C25H27N3O3.C5H5.Fe/c1-4-14-27-23-22(24(29)28(15-5-2)25(27)30)20(17-10-12-19(31-3)13-11-17)16-21(26-23)18-8-6-7-9-18;1-2-4-5-3-1;/h6-13,16,29H,4-5,14-15H2,1-3H3;1-5H;/q;-1;+2/p-1. The van der Waals surface area contributed by atoms with Crippen LogP contribution >= 0.6 is 0 Å². The van der Waals surface area contributed by atoms with Crippen molar-refractivity contribution in [2.45, 2.75) is 26.7 Å². The predicted molar refractivity (Wildman–Crippen MR) is 143 cm³/mol. The van der Waals surface area contributed by atoms with Crippen molar-refractivity contribution in [2.24, 2.45) is 0 Å². The van der Waals surface area contributed by atoms with E-state index in [1.54, 1.807) is 12.0 Å². The Balaban J connectivity index is 0.000000568. The summed E-state index contributed by atoms with van der Waals surface area (Å²) >= 11 is 0. The van der Waals surface area contributed by atoms with Crippen LogP contribution in [0.4, 0.5) is 10.6 Å². The first kappa shape index (κ1) is 27.9. The van der Waals surface area contributed by atoms with Crippen molar-refractivity contribution in [2.75, 3.05) is 25.1 Å². The van der Waals surface area contributed by atoms with Crippen LogP contribution in [0.5, 0.6) is 5.75 Å². The molecular weight excluding hydrogens is 506 g/mol. The summed E-state index contributed by atoms with van der Waals surface area (Å²) in [6.45, 7) is 4.85. The molecule has 0 radical (unpaired) electrons. The molecule has 0 bridgehead atoms. The van der Waals surface area contributed by atoms with Gasteiger partial charge in [-0.05, 0) is 48.1 Å². The normalized spacial score (nSPS) is 13.8. The number of benzene rings is 1. The van der Waals surface area contributed by atoms with Crippen molar-refractivity contribution in [1.29, 1.82) is 0 Å². The van der Waals surface area contributed by atoms with E-state index in [-0.39, 0.29) is 29.0 Å². The van der Waals surface area contributed by atoms with Gasteiger partial charge in [0.05, 0.1) is 12.5 Å². The molecule has 0 fully saturated rings. The molecule has 3 aromatic rings. The zero-order valence-electron chi connectivity index (χ0n) is 21.3. The van der Waals surface area contributed by atoms with Crippen LogP contribution in [0.1, 0.15) is 26.7 Å². The van der Waals surface area contributed by atoms with Crippen LogP contribution in [0.3, 0.4) is 0 Å². The van der Waals surface area contributed by atoms with Crippen LogP contribution in [0.25, 0.3) is 22.6 Å². The van der Waals surface area contributed by atoms with Gasteiger partial charge in [0.1, 0.15) is 11.6 Å². The van der Waals surface area contributed by atoms with Crippen molar-refractivity contribution < 1.29 is 31.7 Å². The first-order valence-corrected chi connectivity index (χ1v) is 12.3. The fraction of sp³-hybridized carbons (Fsp3) is 0.233. The number of aromatic nitrogens is 1. The van der Waals surface area contributed by atoms with E-state index < -0.39 is 0 Å². The maximum Gasteiger partial charge on any atom is 2.00 e. The number of carbonyl (C=O) groups excluding carboxylic acids is 1. The topological polar surface area (TPSA) is 68.7 Å². The molecule has 5 rings (SSSR count). The third kappa shape index (κ3) is 6.01. The molecule has 1 aliphatic carbocycles. The zero-order valence-corrected chi connectivity index (χ0v) is 22.4. The third-order valence-electron chi connectivity index (χ3n) is 5.99. The maximum absolute atomic E-state index is 13.5. The van der Waals surface area contributed by atoms with Crippen LogP contribution in [0.2, 0.25) is 0 Å². The number of amides is 2. The Bertz CT molecular complexity index is 1350. The van der Waals surface area contributed by atoms with Gasteiger partial charge in [0.2, 0.25) is 0 Å². The molecule has 0 saturated carbocycles. The smallest absolute Gasteiger partial charge is 0.859 e. The van der Waals surface area contributed by atoms with E-state index in [2.05, 4.69) is 0 Å². The average Bonchev–Trinajstić information content (AvgIpc) is 3.66. The molecule has 1 aliphatic heterocycles. The fourth-order valence-corrected chi connectivity index (χ4v) is 4.25. The summed E-state index contributed by atoms with van der Waals surface area (Å²) in [7, 11) is 1.62. The average molecular weight is 537 g/mol. The molecule has 0 saturated heterocycles. The van der Waals surface area contributed by atoms with Gasteiger partial charge in [-0.25, -0.2) is 21.9 Å².